The molecule has 0 aliphatic heterocycles. The Hall–Kier alpha value is 0.396. The molecule has 0 aromatic carbocycles. The maximum Gasteiger partial charge on any atom is 1.00 e. The Kier molecular flexibility index (Phi) is 57.3. The number of nitrogens with zero attached hydrogens (tertiary/aromatic N) is 1. The number of hydrogen-bond donors (Lipinski definition) is 3. The van der Waals surface area contributed by atoms with E-state index in [0.29, 0.717) is 0 Å². The van der Waals surface area contributed by atoms with Crippen molar-refractivity contribution in [3.63, 3.8) is 0 Å². The van der Waals surface area contributed by atoms with Gasteiger partial charge in [-0.1, -0.05) is 33.1 Å². The molecule has 5 N–H and O–H groups in total. The van der Waals surface area contributed by atoms with Crippen LogP contribution in [0.15, 0.2) is 0 Å². The molecule has 0 bridgehead atoms. The maximum atomic E-state index is 6.50. The van der Waals surface area contributed by atoms with Crippen molar-refractivity contribution in [2.24, 2.45) is 11.5 Å². The van der Waals surface area contributed by atoms with E-state index in [4.69, 9.17) is 10.7 Å². The van der Waals surface area contributed by atoms with Crippen molar-refractivity contribution >= 4 is 5.96 Å². The van der Waals surface area contributed by atoms with Crippen molar-refractivity contribution in [2.45, 2.75) is 33.1 Å². The topological polar surface area (TPSA) is 99.7 Å². The average molecular weight is 198 g/mol. The zero-order valence-electron chi connectivity index (χ0n) is 9.30. The first-order valence-corrected chi connectivity index (χ1v) is 3.50. The van der Waals surface area contributed by atoms with Gasteiger partial charge in [0.2, 0.25) is 0 Å². The smallest absolute Gasteiger partial charge is 1.00 e. The molecule has 5 heteroatoms. The van der Waals surface area contributed by atoms with Crippen molar-refractivity contribution in [2.75, 3.05) is 0 Å². The van der Waals surface area contributed by atoms with Gasteiger partial charge in [0, 0.05) is 6.57 Å². The summed E-state index contributed by atoms with van der Waals surface area (Å²) < 4.78 is 0. The Balaban J connectivity index is -0.0000000246. The second kappa shape index (κ2) is 30.1. The Morgan fingerprint density at radius 1 is 1.33 bits per heavy atom. The molecular weight excluding hydrogens is 179 g/mol. The minimum absolute atomic E-state index is 0. The summed E-state index contributed by atoms with van der Waals surface area (Å²) in [4.78, 5) is 0. The second-order valence-electron chi connectivity index (χ2n) is 1.81. The average Bonchev–Trinajstić information content (AvgIpc) is 1.93. The van der Waals surface area contributed by atoms with Gasteiger partial charge in [-0.15, -0.1) is 0 Å². The molecule has 0 fully saturated rings. The van der Waals surface area contributed by atoms with Gasteiger partial charge in [-0.25, -0.2) is 5.26 Å². The second-order valence-corrected chi connectivity index (χ2v) is 1.81. The van der Waals surface area contributed by atoms with Crippen LogP contribution in [0, 0.1) is 17.2 Å². The quantitative estimate of drug-likeness (QED) is 0.280. The van der Waals surface area contributed by atoms with Crippen LogP contribution < -0.4 is 62.9 Å². The Bertz CT molecular complexity index is 91.7. The molecule has 0 rings (SSSR count). The summed E-state index contributed by atoms with van der Waals surface area (Å²) >= 11 is 0. The van der Waals surface area contributed by atoms with Gasteiger partial charge in [0.25, 0.3) is 0 Å². The SMILES string of the molecule is C#N.CCCCC.N=C(N)N.[H-].[K+]. The predicted molar refractivity (Wildman–Crippen MR) is 49.1 cm³/mol. The van der Waals surface area contributed by atoms with Gasteiger partial charge in [-0.05, 0) is 0 Å². The summed E-state index contributed by atoms with van der Waals surface area (Å²) in [6.07, 6.45) is 4.08. The van der Waals surface area contributed by atoms with Crippen molar-refractivity contribution in [1.29, 1.82) is 10.7 Å². The van der Waals surface area contributed by atoms with Crippen molar-refractivity contribution in [3.8, 4) is 6.57 Å². The van der Waals surface area contributed by atoms with Gasteiger partial charge < -0.3 is 12.9 Å². The zero-order chi connectivity index (χ0) is 9.70. The van der Waals surface area contributed by atoms with E-state index in [2.05, 4.69) is 31.9 Å². The Morgan fingerprint density at radius 3 is 1.50 bits per heavy atom. The molecule has 0 heterocycles. The number of guanidine groups is 1. The predicted octanol–water partition coefficient (Wildman–Crippen LogP) is -1.71. The Labute approximate surface area is 119 Å². The zero-order valence-corrected chi connectivity index (χ0v) is 11.4. The first kappa shape index (κ1) is 22.8. The number of nitrogens with two attached hydrogens (primary N) is 2. The van der Waals surface area contributed by atoms with Crippen LogP contribution in [0.3, 0.4) is 0 Å². The van der Waals surface area contributed by atoms with Crippen LogP contribution in [0.5, 0.6) is 0 Å². The summed E-state index contributed by atoms with van der Waals surface area (Å²) in [5.41, 5.74) is 8.94. The number of hydrogen-bond acceptors (Lipinski definition) is 2. The third-order valence-electron chi connectivity index (χ3n) is 0.707. The molecule has 0 aromatic rings. The minimum atomic E-state index is -0.333. The third-order valence-corrected chi connectivity index (χ3v) is 0.707. The van der Waals surface area contributed by atoms with Crippen molar-refractivity contribution in [1.82, 2.24) is 0 Å². The largest absolute Gasteiger partial charge is 1.00 e. The molecule has 0 saturated carbocycles. The molecule has 12 heavy (non-hydrogen) atoms. The summed E-state index contributed by atoms with van der Waals surface area (Å²) in [5, 5.41) is 12.6. The first-order chi connectivity index (χ1) is 5.15. The molecule has 0 unspecified atom stereocenters. The summed E-state index contributed by atoms with van der Waals surface area (Å²) in [6.45, 7) is 7.92. The Morgan fingerprint density at radius 2 is 1.50 bits per heavy atom. The van der Waals surface area contributed by atoms with Gasteiger partial charge in [-0.3, -0.25) is 5.41 Å². The molecular formula is C7H19KN4. The number of rotatable bonds is 2. The van der Waals surface area contributed by atoms with Gasteiger partial charge >= 0.3 is 51.4 Å². The standard InChI is InChI=1S/C5H12.CH5N3.CHN.K.H/c1-3-5-4-2;2-1(3)4;1-2;;/h3-5H2,1-2H3;(H5,2,3,4);1H;;/q;;;+1;-1. The van der Waals surface area contributed by atoms with E-state index in [-0.39, 0.29) is 58.8 Å². The molecule has 0 atom stereocenters. The van der Waals surface area contributed by atoms with Crippen LogP contribution in [0.4, 0.5) is 0 Å². The van der Waals surface area contributed by atoms with Crippen LogP contribution in [-0.4, -0.2) is 5.96 Å². The molecule has 0 aliphatic carbocycles. The maximum absolute atomic E-state index is 6.50. The van der Waals surface area contributed by atoms with E-state index >= 15 is 0 Å². The van der Waals surface area contributed by atoms with Gasteiger partial charge in [-0.2, -0.15) is 0 Å². The molecule has 0 aliphatic rings. The molecule has 0 saturated heterocycles. The van der Waals surface area contributed by atoms with Gasteiger partial charge in [0.05, 0.1) is 0 Å². The summed E-state index contributed by atoms with van der Waals surface area (Å²) in [5.74, 6) is -0.333. The van der Waals surface area contributed by atoms with E-state index in [1.54, 1.807) is 0 Å². The minimum Gasteiger partial charge on any atom is -1.00 e. The van der Waals surface area contributed by atoms with Gasteiger partial charge in [0.15, 0.2) is 5.96 Å². The molecule has 4 nitrogen and oxygen atoms in total. The van der Waals surface area contributed by atoms with E-state index in [9.17, 15) is 0 Å². The van der Waals surface area contributed by atoms with E-state index in [1.807, 2.05) is 0 Å². The number of nitriles is 1. The van der Waals surface area contributed by atoms with Crippen molar-refractivity contribution in [3.05, 3.63) is 0 Å². The summed E-state index contributed by atoms with van der Waals surface area (Å²) in [7, 11) is 0. The van der Waals surface area contributed by atoms with Crippen molar-refractivity contribution < 1.29 is 52.8 Å². The third kappa shape index (κ3) is 160. The monoisotopic (exact) mass is 198 g/mol. The van der Waals surface area contributed by atoms with Crippen LogP contribution >= 0.6 is 0 Å². The molecule has 68 valence electrons. The van der Waals surface area contributed by atoms with E-state index in [1.165, 1.54) is 19.3 Å². The fraction of sp³-hybridized carbons (Fsp3) is 0.714. The number of unbranched alkanes of at least 4 members (excludes halogenated alkanes) is 2. The fourth-order valence-electron chi connectivity index (χ4n) is 0.354. The molecule has 0 radical (unpaired) electrons. The fourth-order valence-corrected chi connectivity index (χ4v) is 0.354. The normalized spacial score (nSPS) is 5.67. The first-order valence-electron chi connectivity index (χ1n) is 3.50. The van der Waals surface area contributed by atoms with Crippen LogP contribution in [0.2, 0.25) is 0 Å². The molecule has 0 spiro atoms. The van der Waals surface area contributed by atoms with Crippen LogP contribution in [-0.2, 0) is 0 Å². The number of nitrogens with one attached hydrogen (secondary N) is 1. The molecule has 0 amide bonds. The van der Waals surface area contributed by atoms with Crippen LogP contribution in [0.25, 0.3) is 0 Å². The van der Waals surface area contributed by atoms with Gasteiger partial charge in [0.1, 0.15) is 0 Å². The van der Waals surface area contributed by atoms with Crippen LogP contribution in [0.1, 0.15) is 34.5 Å². The summed E-state index contributed by atoms with van der Waals surface area (Å²) in [6, 6.07) is 0. The van der Waals surface area contributed by atoms with E-state index < -0.39 is 0 Å². The molecule has 0 aromatic heterocycles. The van der Waals surface area contributed by atoms with E-state index in [0.717, 1.165) is 0 Å².